The number of anilines is 1. The Hall–Kier alpha value is -0.660. The number of fused-ring (bicyclic) bond motifs is 1. The van der Waals surface area contributed by atoms with E-state index in [-0.39, 0.29) is 6.61 Å². The Labute approximate surface area is 96.2 Å². The summed E-state index contributed by atoms with van der Waals surface area (Å²) >= 11 is 6.67. The monoisotopic (exact) mass is 320 g/mol. The van der Waals surface area contributed by atoms with Crippen molar-refractivity contribution in [3.8, 4) is 0 Å². The number of aliphatic hydroxyl groups is 1. The number of hydrogen-bond donors (Lipinski definition) is 2. The Bertz CT molecular complexity index is 496. The van der Waals surface area contributed by atoms with Gasteiger partial charge in [-0.3, -0.25) is 0 Å². The Morgan fingerprint density at radius 3 is 2.79 bits per heavy atom. The maximum atomic E-state index is 9.13. The number of aromatic nitrogens is 3. The first-order valence-corrected chi connectivity index (χ1v) is 5.31. The third-order valence-electron chi connectivity index (χ3n) is 1.88. The molecule has 2 aromatic heterocycles. The lowest BCUT2D eigenvalue weighted by molar-refractivity contribution is 0.280. The van der Waals surface area contributed by atoms with Crippen LogP contribution in [0.4, 0.5) is 5.82 Å². The first-order chi connectivity index (χ1) is 6.66. The summed E-state index contributed by atoms with van der Waals surface area (Å²) in [5, 5.41) is 13.1. The molecule has 74 valence electrons. The van der Waals surface area contributed by atoms with Crippen molar-refractivity contribution in [1.29, 1.82) is 0 Å². The zero-order valence-corrected chi connectivity index (χ0v) is 10.1. The van der Waals surface area contributed by atoms with E-state index in [0.29, 0.717) is 26.0 Å². The molecular formula is C7H6Br2N4O. The molecule has 14 heavy (non-hydrogen) atoms. The van der Waals surface area contributed by atoms with Crippen molar-refractivity contribution in [2.45, 2.75) is 6.61 Å². The molecule has 0 bridgehead atoms. The lowest BCUT2D eigenvalue weighted by Gasteiger charge is -1.96. The second-order valence-electron chi connectivity index (χ2n) is 2.65. The zero-order valence-electron chi connectivity index (χ0n) is 6.91. The van der Waals surface area contributed by atoms with Crippen LogP contribution in [0.15, 0.2) is 15.4 Å². The summed E-state index contributed by atoms with van der Waals surface area (Å²) in [7, 11) is 0. The van der Waals surface area contributed by atoms with Crippen LogP contribution in [0.1, 0.15) is 5.56 Å². The van der Waals surface area contributed by atoms with Gasteiger partial charge in [0, 0.05) is 5.56 Å². The normalized spacial score (nSPS) is 11.1. The Kier molecular flexibility index (Phi) is 2.46. The van der Waals surface area contributed by atoms with Gasteiger partial charge in [-0.05, 0) is 31.9 Å². The molecule has 2 heterocycles. The van der Waals surface area contributed by atoms with Crippen molar-refractivity contribution in [1.82, 2.24) is 14.6 Å². The number of hydrogen-bond acceptors (Lipinski definition) is 4. The van der Waals surface area contributed by atoms with Crippen LogP contribution in [0, 0.1) is 0 Å². The Morgan fingerprint density at radius 1 is 1.50 bits per heavy atom. The highest BCUT2D eigenvalue weighted by Gasteiger charge is 2.16. The van der Waals surface area contributed by atoms with Crippen LogP contribution < -0.4 is 5.73 Å². The van der Waals surface area contributed by atoms with Crippen molar-refractivity contribution in [3.63, 3.8) is 0 Å². The predicted octanol–water partition coefficient (Wildman–Crippen LogP) is 1.33. The van der Waals surface area contributed by atoms with Crippen LogP contribution >= 0.6 is 31.9 Å². The van der Waals surface area contributed by atoms with Crippen LogP contribution in [0.2, 0.25) is 0 Å². The number of aliphatic hydroxyl groups excluding tert-OH is 1. The van der Waals surface area contributed by atoms with Gasteiger partial charge in [-0.2, -0.15) is 5.10 Å². The van der Waals surface area contributed by atoms with Gasteiger partial charge in [0.2, 0.25) is 0 Å². The summed E-state index contributed by atoms with van der Waals surface area (Å²) in [6.07, 6.45) is 1.36. The minimum absolute atomic E-state index is 0.0933. The molecule has 0 amide bonds. The third-order valence-corrected chi connectivity index (χ3v) is 3.55. The Morgan fingerprint density at radius 2 is 2.21 bits per heavy atom. The van der Waals surface area contributed by atoms with E-state index in [1.165, 1.54) is 6.33 Å². The number of nitrogen functional groups attached to an aromatic ring is 1. The summed E-state index contributed by atoms with van der Waals surface area (Å²) in [4.78, 5) is 3.87. The molecule has 0 aromatic carbocycles. The first kappa shape index (κ1) is 9.88. The highest BCUT2D eigenvalue weighted by Crippen LogP contribution is 2.33. The van der Waals surface area contributed by atoms with E-state index in [9.17, 15) is 0 Å². The molecule has 0 unspecified atom stereocenters. The molecule has 0 aliphatic heterocycles. The van der Waals surface area contributed by atoms with Gasteiger partial charge in [0.15, 0.2) is 5.82 Å². The SMILES string of the molecule is Nc1ncnn2c(Br)c(CO)c(Br)c12. The summed E-state index contributed by atoms with van der Waals surface area (Å²) in [5.41, 5.74) is 7.05. The molecule has 2 aromatic rings. The molecule has 7 heteroatoms. The maximum absolute atomic E-state index is 9.13. The zero-order chi connectivity index (χ0) is 10.3. The number of nitrogens with zero attached hydrogens (tertiary/aromatic N) is 3. The van der Waals surface area contributed by atoms with E-state index in [1.54, 1.807) is 4.52 Å². The molecular weight excluding hydrogens is 316 g/mol. The highest BCUT2D eigenvalue weighted by molar-refractivity contribution is 9.11. The van der Waals surface area contributed by atoms with Crippen LogP contribution in [0.3, 0.4) is 0 Å². The van der Waals surface area contributed by atoms with Crippen molar-refractivity contribution in [2.75, 3.05) is 5.73 Å². The largest absolute Gasteiger partial charge is 0.392 e. The van der Waals surface area contributed by atoms with Crippen LogP contribution in [-0.2, 0) is 6.61 Å². The van der Waals surface area contributed by atoms with Gasteiger partial charge < -0.3 is 10.8 Å². The lowest BCUT2D eigenvalue weighted by atomic mass is 10.3. The molecule has 2 rings (SSSR count). The number of nitrogens with two attached hydrogens (primary N) is 1. The fourth-order valence-corrected chi connectivity index (χ4v) is 2.76. The standard InChI is InChI=1S/C7H6Br2N4O/c8-4-3(1-14)6(9)13-5(4)7(10)11-2-12-13/h2,14H,1H2,(H2,10,11,12). The number of rotatable bonds is 1. The Balaban J connectivity index is 2.94. The molecule has 0 atom stereocenters. The van der Waals surface area contributed by atoms with Crippen molar-refractivity contribution in [3.05, 3.63) is 21.0 Å². The highest BCUT2D eigenvalue weighted by atomic mass is 79.9. The van der Waals surface area contributed by atoms with E-state index in [1.807, 2.05) is 0 Å². The van der Waals surface area contributed by atoms with E-state index < -0.39 is 0 Å². The van der Waals surface area contributed by atoms with Crippen molar-refractivity contribution in [2.24, 2.45) is 0 Å². The van der Waals surface area contributed by atoms with Gasteiger partial charge in [-0.1, -0.05) is 0 Å². The first-order valence-electron chi connectivity index (χ1n) is 3.72. The summed E-state index contributed by atoms with van der Waals surface area (Å²) in [6, 6.07) is 0. The molecule has 0 spiro atoms. The predicted molar refractivity (Wildman–Crippen MR) is 58.7 cm³/mol. The number of halogens is 2. The minimum Gasteiger partial charge on any atom is -0.392 e. The summed E-state index contributed by atoms with van der Waals surface area (Å²) < 4.78 is 2.97. The van der Waals surface area contributed by atoms with Gasteiger partial charge in [-0.25, -0.2) is 9.50 Å². The maximum Gasteiger partial charge on any atom is 0.152 e. The van der Waals surface area contributed by atoms with Gasteiger partial charge in [-0.15, -0.1) is 0 Å². The molecule has 0 radical (unpaired) electrons. The molecule has 0 aliphatic carbocycles. The van der Waals surface area contributed by atoms with Crippen molar-refractivity contribution >= 4 is 43.2 Å². The summed E-state index contributed by atoms with van der Waals surface area (Å²) in [5.74, 6) is 0.368. The van der Waals surface area contributed by atoms with Crippen molar-refractivity contribution < 1.29 is 5.11 Å². The quantitative estimate of drug-likeness (QED) is 0.830. The molecule has 3 N–H and O–H groups in total. The summed E-state index contributed by atoms with van der Waals surface area (Å²) in [6.45, 7) is -0.0933. The van der Waals surface area contributed by atoms with E-state index >= 15 is 0 Å². The average molecular weight is 322 g/mol. The van der Waals surface area contributed by atoms with Gasteiger partial charge in [0.25, 0.3) is 0 Å². The van der Waals surface area contributed by atoms with Crippen LogP contribution in [-0.4, -0.2) is 19.7 Å². The van der Waals surface area contributed by atoms with E-state index in [2.05, 4.69) is 41.9 Å². The van der Waals surface area contributed by atoms with Crippen LogP contribution in [0.25, 0.3) is 5.52 Å². The van der Waals surface area contributed by atoms with Crippen LogP contribution in [0.5, 0.6) is 0 Å². The van der Waals surface area contributed by atoms with E-state index in [0.717, 1.165) is 0 Å². The van der Waals surface area contributed by atoms with Gasteiger partial charge in [0.05, 0.1) is 11.1 Å². The lowest BCUT2D eigenvalue weighted by Crippen LogP contribution is -1.98. The third kappa shape index (κ3) is 1.23. The smallest absolute Gasteiger partial charge is 0.152 e. The average Bonchev–Trinajstić information content (AvgIpc) is 2.41. The minimum atomic E-state index is -0.0933. The molecule has 5 nitrogen and oxygen atoms in total. The second kappa shape index (κ2) is 3.48. The topological polar surface area (TPSA) is 76.4 Å². The van der Waals surface area contributed by atoms with Gasteiger partial charge >= 0.3 is 0 Å². The molecule has 0 saturated heterocycles. The fourth-order valence-electron chi connectivity index (χ4n) is 1.22. The second-order valence-corrected chi connectivity index (χ2v) is 4.19. The van der Waals surface area contributed by atoms with E-state index in [4.69, 9.17) is 10.8 Å². The fraction of sp³-hybridized carbons (Fsp3) is 0.143. The molecule has 0 saturated carbocycles. The molecule has 0 fully saturated rings. The van der Waals surface area contributed by atoms with Gasteiger partial charge in [0.1, 0.15) is 16.4 Å². The molecule has 0 aliphatic rings.